The van der Waals surface area contributed by atoms with Crippen molar-refractivity contribution < 1.29 is 14.3 Å². The number of methoxy groups -OCH3 is 1. The first-order valence-electron chi connectivity index (χ1n) is 9.75. The molecule has 7 nitrogen and oxygen atoms in total. The molecule has 2 atom stereocenters. The Morgan fingerprint density at radius 1 is 1.28 bits per heavy atom. The summed E-state index contributed by atoms with van der Waals surface area (Å²) in [6, 6.07) is 13.7. The average Bonchev–Trinajstić information content (AvgIpc) is 3.14. The number of benzene rings is 1. The Kier molecular flexibility index (Phi) is 7.05. The van der Waals surface area contributed by atoms with Gasteiger partial charge in [-0.25, -0.2) is 0 Å². The number of hydrogen-bond acceptors (Lipinski definition) is 5. The predicted molar refractivity (Wildman–Crippen MR) is 111 cm³/mol. The van der Waals surface area contributed by atoms with Gasteiger partial charge in [0.1, 0.15) is 12.4 Å². The summed E-state index contributed by atoms with van der Waals surface area (Å²) in [7, 11) is 3.19. The summed E-state index contributed by atoms with van der Waals surface area (Å²) in [6.45, 7) is 4.49. The van der Waals surface area contributed by atoms with E-state index in [0.717, 1.165) is 29.5 Å². The van der Waals surface area contributed by atoms with Gasteiger partial charge in [0.15, 0.2) is 5.96 Å². The third kappa shape index (κ3) is 5.47. The third-order valence-electron chi connectivity index (χ3n) is 5.09. The quantitative estimate of drug-likeness (QED) is 0.459. The van der Waals surface area contributed by atoms with Crippen molar-refractivity contribution in [1.29, 1.82) is 0 Å². The molecule has 0 radical (unpaired) electrons. The topological polar surface area (TPSA) is 76.1 Å². The maximum absolute atomic E-state index is 11.9. The summed E-state index contributed by atoms with van der Waals surface area (Å²) < 4.78 is 10.8. The number of aromatic nitrogens is 1. The van der Waals surface area contributed by atoms with E-state index in [1.165, 1.54) is 7.11 Å². The molecule has 2 aromatic rings. The SMILES string of the molecule is CN=C(NCc1cccc(OCc2ccccn2)c1)N1CC(C)C(C(=O)OC)C1. The highest BCUT2D eigenvalue weighted by atomic mass is 16.5. The fourth-order valence-electron chi connectivity index (χ4n) is 3.50. The number of esters is 1. The van der Waals surface area contributed by atoms with Crippen LogP contribution in [0.25, 0.3) is 0 Å². The molecule has 2 heterocycles. The number of aliphatic imine (C=N–C) groups is 1. The van der Waals surface area contributed by atoms with Gasteiger partial charge in [-0.3, -0.25) is 14.8 Å². The molecule has 1 saturated heterocycles. The van der Waals surface area contributed by atoms with Gasteiger partial charge in [-0.1, -0.05) is 25.1 Å². The number of pyridine rings is 1. The van der Waals surface area contributed by atoms with E-state index in [-0.39, 0.29) is 17.8 Å². The van der Waals surface area contributed by atoms with Crippen molar-refractivity contribution in [1.82, 2.24) is 15.2 Å². The van der Waals surface area contributed by atoms with Crippen LogP contribution >= 0.6 is 0 Å². The normalized spacial score (nSPS) is 19.1. The molecule has 2 unspecified atom stereocenters. The molecule has 0 saturated carbocycles. The second-order valence-corrected chi connectivity index (χ2v) is 7.17. The van der Waals surface area contributed by atoms with Crippen molar-refractivity contribution in [2.75, 3.05) is 27.2 Å². The number of likely N-dealkylation sites (tertiary alicyclic amines) is 1. The fourth-order valence-corrected chi connectivity index (χ4v) is 3.50. The molecule has 0 amide bonds. The molecule has 1 fully saturated rings. The van der Waals surface area contributed by atoms with Gasteiger partial charge < -0.3 is 19.7 Å². The lowest BCUT2D eigenvalue weighted by Gasteiger charge is -2.21. The van der Waals surface area contributed by atoms with Gasteiger partial charge in [0.05, 0.1) is 18.7 Å². The van der Waals surface area contributed by atoms with E-state index >= 15 is 0 Å². The van der Waals surface area contributed by atoms with Crippen LogP contribution in [0.4, 0.5) is 0 Å². The smallest absolute Gasteiger partial charge is 0.310 e. The molecule has 3 rings (SSSR count). The summed E-state index contributed by atoms with van der Waals surface area (Å²) in [5.41, 5.74) is 1.97. The Bertz CT molecular complexity index is 841. The molecule has 0 spiro atoms. The molecule has 29 heavy (non-hydrogen) atoms. The van der Waals surface area contributed by atoms with E-state index in [2.05, 4.69) is 27.1 Å². The van der Waals surface area contributed by atoms with Crippen LogP contribution in [0.15, 0.2) is 53.7 Å². The zero-order chi connectivity index (χ0) is 20.6. The molecule has 1 aliphatic heterocycles. The predicted octanol–water partition coefficient (Wildman–Crippen LogP) is 2.48. The molecule has 154 valence electrons. The van der Waals surface area contributed by atoms with E-state index in [9.17, 15) is 4.79 Å². The number of ether oxygens (including phenoxy) is 2. The summed E-state index contributed by atoms with van der Waals surface area (Å²) in [4.78, 5) is 22.7. The monoisotopic (exact) mass is 396 g/mol. The molecular weight excluding hydrogens is 368 g/mol. The van der Waals surface area contributed by atoms with Gasteiger partial charge in [0.2, 0.25) is 0 Å². The van der Waals surface area contributed by atoms with Crippen molar-refractivity contribution in [3.8, 4) is 5.75 Å². The standard InChI is InChI=1S/C22H28N4O3/c1-16-13-26(14-20(16)21(27)28-3)22(23-2)25-12-17-7-6-9-19(11-17)29-15-18-8-4-5-10-24-18/h4-11,16,20H,12-15H2,1-3H3,(H,23,25). The number of rotatable bonds is 6. The number of hydrogen-bond donors (Lipinski definition) is 1. The number of carbonyl (C=O) groups excluding carboxylic acids is 1. The zero-order valence-electron chi connectivity index (χ0n) is 17.2. The van der Waals surface area contributed by atoms with E-state index < -0.39 is 0 Å². The van der Waals surface area contributed by atoms with Crippen LogP contribution in [-0.4, -0.2) is 49.1 Å². The average molecular weight is 396 g/mol. The maximum Gasteiger partial charge on any atom is 0.310 e. The Labute approximate surface area is 171 Å². The summed E-state index contributed by atoms with van der Waals surface area (Å²) in [6.07, 6.45) is 1.76. The molecule has 1 aliphatic rings. The Hall–Kier alpha value is -3.09. The van der Waals surface area contributed by atoms with Gasteiger partial charge in [-0.15, -0.1) is 0 Å². The van der Waals surface area contributed by atoms with Crippen LogP contribution < -0.4 is 10.1 Å². The third-order valence-corrected chi connectivity index (χ3v) is 5.09. The lowest BCUT2D eigenvalue weighted by atomic mass is 9.99. The highest BCUT2D eigenvalue weighted by Crippen LogP contribution is 2.24. The molecule has 1 aromatic carbocycles. The largest absolute Gasteiger partial charge is 0.487 e. The number of nitrogens with one attached hydrogen (secondary N) is 1. The number of nitrogens with zero attached hydrogens (tertiary/aromatic N) is 3. The number of carbonyl (C=O) groups is 1. The minimum absolute atomic E-state index is 0.123. The maximum atomic E-state index is 11.9. The first kappa shape index (κ1) is 20.6. The lowest BCUT2D eigenvalue weighted by Crippen LogP contribution is -2.40. The van der Waals surface area contributed by atoms with E-state index in [4.69, 9.17) is 9.47 Å². The van der Waals surface area contributed by atoms with Gasteiger partial charge in [0, 0.05) is 32.9 Å². The van der Waals surface area contributed by atoms with Crippen LogP contribution in [0.3, 0.4) is 0 Å². The summed E-state index contributed by atoms with van der Waals surface area (Å²) >= 11 is 0. The fraction of sp³-hybridized carbons (Fsp3) is 0.409. The minimum atomic E-state index is -0.159. The lowest BCUT2D eigenvalue weighted by molar-refractivity contribution is -0.145. The Morgan fingerprint density at radius 3 is 2.86 bits per heavy atom. The second-order valence-electron chi connectivity index (χ2n) is 7.17. The summed E-state index contributed by atoms with van der Waals surface area (Å²) in [5.74, 6) is 1.52. The van der Waals surface area contributed by atoms with E-state index in [1.807, 2.05) is 42.5 Å². The van der Waals surface area contributed by atoms with Crippen LogP contribution in [0, 0.1) is 11.8 Å². The molecule has 1 N–H and O–H groups in total. The number of guanidine groups is 1. The van der Waals surface area contributed by atoms with E-state index in [0.29, 0.717) is 19.7 Å². The summed E-state index contributed by atoms with van der Waals surface area (Å²) in [5, 5.41) is 3.38. The molecule has 0 bridgehead atoms. The second kappa shape index (κ2) is 9.91. The van der Waals surface area contributed by atoms with Crippen molar-refractivity contribution in [2.24, 2.45) is 16.8 Å². The Balaban J connectivity index is 1.55. The minimum Gasteiger partial charge on any atom is -0.487 e. The van der Waals surface area contributed by atoms with Gasteiger partial charge in [0.25, 0.3) is 0 Å². The molecule has 0 aliphatic carbocycles. The first-order chi connectivity index (χ1) is 14.1. The molecule has 1 aromatic heterocycles. The molecule has 7 heteroatoms. The molecular formula is C22H28N4O3. The zero-order valence-corrected chi connectivity index (χ0v) is 17.2. The van der Waals surface area contributed by atoms with Crippen LogP contribution in [0.5, 0.6) is 5.75 Å². The Morgan fingerprint density at radius 2 is 2.14 bits per heavy atom. The van der Waals surface area contributed by atoms with Crippen LogP contribution in [0.2, 0.25) is 0 Å². The van der Waals surface area contributed by atoms with Crippen LogP contribution in [0.1, 0.15) is 18.2 Å². The van der Waals surface area contributed by atoms with E-state index in [1.54, 1.807) is 13.2 Å². The van der Waals surface area contributed by atoms with Crippen molar-refractivity contribution in [3.63, 3.8) is 0 Å². The highest BCUT2D eigenvalue weighted by Gasteiger charge is 2.36. The van der Waals surface area contributed by atoms with Crippen LogP contribution in [-0.2, 0) is 22.7 Å². The first-order valence-corrected chi connectivity index (χ1v) is 9.75. The van der Waals surface area contributed by atoms with Gasteiger partial charge in [-0.05, 0) is 35.7 Å². The van der Waals surface area contributed by atoms with Crippen molar-refractivity contribution >= 4 is 11.9 Å². The van der Waals surface area contributed by atoms with Gasteiger partial charge >= 0.3 is 5.97 Å². The van der Waals surface area contributed by atoms with Gasteiger partial charge in [-0.2, -0.15) is 0 Å². The van der Waals surface area contributed by atoms with Crippen molar-refractivity contribution in [3.05, 3.63) is 59.9 Å². The van der Waals surface area contributed by atoms with Crippen molar-refractivity contribution in [2.45, 2.75) is 20.1 Å². The highest BCUT2D eigenvalue weighted by molar-refractivity contribution is 5.82.